The van der Waals surface area contributed by atoms with Gasteiger partial charge in [0.25, 0.3) is 0 Å². The van der Waals surface area contributed by atoms with Gasteiger partial charge in [-0.05, 0) is 25.8 Å². The average Bonchev–Trinajstić information content (AvgIpc) is 2.87. The van der Waals surface area contributed by atoms with E-state index in [1.54, 1.807) is 0 Å². The van der Waals surface area contributed by atoms with Crippen LogP contribution in [0.1, 0.15) is 50.8 Å². The molecule has 19 heavy (non-hydrogen) atoms. The van der Waals surface area contributed by atoms with Gasteiger partial charge in [-0.15, -0.1) is 0 Å². The minimum absolute atomic E-state index is 0.215. The van der Waals surface area contributed by atoms with Gasteiger partial charge >= 0.3 is 5.97 Å². The Kier molecular flexibility index (Phi) is 4.74. The third-order valence-electron chi connectivity index (χ3n) is 3.64. The Morgan fingerprint density at radius 1 is 1.53 bits per heavy atom. The first-order chi connectivity index (χ1) is 9.08. The number of hydrogen-bond acceptors (Lipinski definition) is 3. The summed E-state index contributed by atoms with van der Waals surface area (Å²) in [6.45, 7) is 1.47. The minimum Gasteiger partial charge on any atom is -0.480 e. The van der Waals surface area contributed by atoms with Crippen LogP contribution in [0.15, 0.2) is 12.3 Å². The molecule has 0 radical (unpaired) electrons. The second-order valence-corrected chi connectivity index (χ2v) is 6.84. The molecule has 2 rings (SSSR count). The topological polar surface area (TPSA) is 72.2 Å². The highest BCUT2D eigenvalue weighted by Crippen LogP contribution is 2.27. The van der Waals surface area contributed by atoms with Crippen molar-refractivity contribution in [2.75, 3.05) is 0 Å². The maximum atomic E-state index is 11.8. The molecule has 1 aromatic rings. The van der Waals surface area contributed by atoms with E-state index in [-0.39, 0.29) is 5.75 Å². The predicted octanol–water partition coefficient (Wildman–Crippen LogP) is 2.11. The molecule has 0 aliphatic heterocycles. The van der Waals surface area contributed by atoms with Crippen LogP contribution in [0.25, 0.3) is 0 Å². The Balaban J connectivity index is 1.97. The first kappa shape index (κ1) is 14.2. The fourth-order valence-electron chi connectivity index (χ4n) is 2.39. The molecule has 0 amide bonds. The Labute approximate surface area is 115 Å². The number of carboxylic acids is 1. The molecule has 1 N–H and O–H groups in total. The van der Waals surface area contributed by atoms with Gasteiger partial charge in [0, 0.05) is 17.0 Å². The molecule has 1 aliphatic carbocycles. The molecular weight excluding hydrogens is 264 g/mol. The number of aliphatic carboxylic acids is 1. The summed E-state index contributed by atoms with van der Waals surface area (Å²) in [5.74, 6) is -0.808. The van der Waals surface area contributed by atoms with Gasteiger partial charge in [0.1, 0.15) is 5.25 Å². The highest BCUT2D eigenvalue weighted by Gasteiger charge is 2.21. The molecule has 106 valence electrons. The number of carbonyl (C=O) groups is 1. The molecule has 1 aromatic heterocycles. The molecule has 1 fully saturated rings. The molecule has 0 aromatic carbocycles. The zero-order valence-electron chi connectivity index (χ0n) is 11.1. The number of carboxylic acid groups (broad SMARTS) is 1. The minimum atomic E-state index is -1.41. The van der Waals surface area contributed by atoms with Crippen molar-refractivity contribution in [1.29, 1.82) is 0 Å². The molecule has 1 saturated carbocycles. The van der Waals surface area contributed by atoms with Crippen molar-refractivity contribution in [1.82, 2.24) is 9.78 Å². The van der Waals surface area contributed by atoms with Crippen molar-refractivity contribution in [3.05, 3.63) is 18.0 Å². The Bertz CT molecular complexity index is 466. The van der Waals surface area contributed by atoms with Gasteiger partial charge in [-0.1, -0.05) is 19.3 Å². The first-order valence-electron chi connectivity index (χ1n) is 6.72. The number of hydrogen-bond donors (Lipinski definition) is 1. The Morgan fingerprint density at radius 3 is 2.84 bits per heavy atom. The Hall–Kier alpha value is -1.17. The summed E-state index contributed by atoms with van der Waals surface area (Å²) in [4.78, 5) is 10.8. The molecule has 2 atom stereocenters. The van der Waals surface area contributed by atoms with Crippen molar-refractivity contribution < 1.29 is 14.1 Å². The summed E-state index contributed by atoms with van der Waals surface area (Å²) in [6, 6.07) is 2.30. The Morgan fingerprint density at radius 2 is 2.21 bits per heavy atom. The van der Waals surface area contributed by atoms with E-state index in [0.29, 0.717) is 6.04 Å². The molecule has 5 nitrogen and oxygen atoms in total. The maximum absolute atomic E-state index is 11.8. The average molecular weight is 284 g/mol. The predicted molar refractivity (Wildman–Crippen MR) is 73.3 cm³/mol. The van der Waals surface area contributed by atoms with Crippen LogP contribution in [0, 0.1) is 0 Å². The van der Waals surface area contributed by atoms with Gasteiger partial charge in [-0.25, -0.2) is 0 Å². The van der Waals surface area contributed by atoms with Crippen molar-refractivity contribution >= 4 is 16.8 Å². The lowest BCUT2D eigenvalue weighted by molar-refractivity contribution is -0.136. The van der Waals surface area contributed by atoms with E-state index in [1.165, 1.54) is 26.2 Å². The second kappa shape index (κ2) is 6.32. The summed E-state index contributed by atoms with van der Waals surface area (Å²) >= 11 is 0. The van der Waals surface area contributed by atoms with E-state index in [2.05, 4.69) is 5.10 Å². The zero-order valence-corrected chi connectivity index (χ0v) is 11.9. The molecule has 0 bridgehead atoms. The lowest BCUT2D eigenvalue weighted by atomic mass is 9.96. The van der Waals surface area contributed by atoms with Crippen LogP contribution < -0.4 is 0 Å². The second-order valence-electron chi connectivity index (χ2n) is 5.08. The fraction of sp³-hybridized carbons (Fsp3) is 0.692. The zero-order chi connectivity index (χ0) is 13.8. The fourth-order valence-corrected chi connectivity index (χ4v) is 3.31. The molecule has 2 unspecified atom stereocenters. The summed E-state index contributed by atoms with van der Waals surface area (Å²) in [5, 5.41) is 12.4. The normalized spacial score (nSPS) is 20.1. The van der Waals surface area contributed by atoms with E-state index in [4.69, 9.17) is 5.11 Å². The third-order valence-corrected chi connectivity index (χ3v) is 5.22. The molecule has 1 aliphatic rings. The van der Waals surface area contributed by atoms with Gasteiger partial charge in [-0.3, -0.25) is 13.7 Å². The standard InChI is InChI=1S/C13H20N2O3S/c1-10(13(16)17)19(18)9-11-7-8-15(14-11)12-5-3-2-4-6-12/h7-8,10,12H,2-6,9H2,1H3,(H,16,17). The first-order valence-corrected chi connectivity index (χ1v) is 8.10. The van der Waals surface area contributed by atoms with E-state index < -0.39 is 22.0 Å². The summed E-state index contributed by atoms with van der Waals surface area (Å²) in [6.07, 6.45) is 7.99. The maximum Gasteiger partial charge on any atom is 0.318 e. The third kappa shape index (κ3) is 3.65. The molecule has 1 heterocycles. The van der Waals surface area contributed by atoms with Gasteiger partial charge < -0.3 is 5.11 Å². The number of aromatic nitrogens is 2. The van der Waals surface area contributed by atoms with Crippen molar-refractivity contribution in [3.63, 3.8) is 0 Å². The monoisotopic (exact) mass is 284 g/mol. The molecule has 0 spiro atoms. The quantitative estimate of drug-likeness (QED) is 0.899. The lowest BCUT2D eigenvalue weighted by Crippen LogP contribution is -2.23. The lowest BCUT2D eigenvalue weighted by Gasteiger charge is -2.21. The van der Waals surface area contributed by atoms with Crippen LogP contribution in [0.2, 0.25) is 0 Å². The summed E-state index contributed by atoms with van der Waals surface area (Å²) in [7, 11) is -1.41. The van der Waals surface area contributed by atoms with E-state index >= 15 is 0 Å². The van der Waals surface area contributed by atoms with Gasteiger partial charge in [0.2, 0.25) is 0 Å². The van der Waals surface area contributed by atoms with Crippen molar-refractivity contribution in [3.8, 4) is 0 Å². The van der Waals surface area contributed by atoms with Crippen LogP contribution in [-0.4, -0.2) is 30.3 Å². The highest BCUT2D eigenvalue weighted by atomic mass is 32.2. The van der Waals surface area contributed by atoms with Crippen molar-refractivity contribution in [2.24, 2.45) is 0 Å². The van der Waals surface area contributed by atoms with Gasteiger partial charge in [0.05, 0.1) is 17.5 Å². The van der Waals surface area contributed by atoms with Crippen molar-refractivity contribution in [2.45, 2.75) is 56.1 Å². The summed E-state index contributed by atoms with van der Waals surface area (Å²) < 4.78 is 13.8. The number of nitrogens with zero attached hydrogens (tertiary/aromatic N) is 2. The van der Waals surface area contributed by atoms with Crippen LogP contribution in [0.3, 0.4) is 0 Å². The summed E-state index contributed by atoms with van der Waals surface area (Å²) in [5.41, 5.74) is 0.719. The van der Waals surface area contributed by atoms with E-state index in [1.807, 2.05) is 16.9 Å². The van der Waals surface area contributed by atoms with Crippen LogP contribution in [0.5, 0.6) is 0 Å². The number of rotatable bonds is 5. The van der Waals surface area contributed by atoms with E-state index in [9.17, 15) is 9.00 Å². The highest BCUT2D eigenvalue weighted by molar-refractivity contribution is 7.85. The molecule has 0 saturated heterocycles. The van der Waals surface area contributed by atoms with E-state index in [0.717, 1.165) is 18.5 Å². The van der Waals surface area contributed by atoms with Crippen LogP contribution in [0.4, 0.5) is 0 Å². The largest absolute Gasteiger partial charge is 0.480 e. The SMILES string of the molecule is CC(C(=O)O)S(=O)Cc1ccn(C2CCCCC2)n1. The van der Waals surface area contributed by atoms with Gasteiger partial charge in [-0.2, -0.15) is 5.10 Å². The smallest absolute Gasteiger partial charge is 0.318 e. The molecular formula is C13H20N2O3S. The van der Waals surface area contributed by atoms with Crippen LogP contribution >= 0.6 is 0 Å². The van der Waals surface area contributed by atoms with Crippen LogP contribution in [-0.2, 0) is 21.3 Å². The van der Waals surface area contributed by atoms with Gasteiger partial charge in [0.15, 0.2) is 0 Å². The molecule has 6 heteroatoms.